The molecule has 0 amide bonds. The zero-order chi connectivity index (χ0) is 17.6. The van der Waals surface area contributed by atoms with Gasteiger partial charge in [0.05, 0.1) is 6.54 Å². The van der Waals surface area contributed by atoms with Crippen LogP contribution in [0.2, 0.25) is 0 Å². The molecule has 3 aromatic rings. The third-order valence-electron chi connectivity index (χ3n) is 4.77. The van der Waals surface area contributed by atoms with Gasteiger partial charge in [0.25, 0.3) is 0 Å². The molecule has 1 aliphatic rings. The second-order valence-electron chi connectivity index (χ2n) is 6.61. The van der Waals surface area contributed by atoms with Crippen LogP contribution in [-0.2, 0) is 13.0 Å². The lowest BCUT2D eigenvalue weighted by atomic mass is 10.1. The van der Waals surface area contributed by atoms with Crippen molar-refractivity contribution in [3.8, 4) is 11.4 Å². The SMILES string of the molecule is c1ccc(CCN2CCN(Cc3nc(-c4cccnc4)no3)CC2)cc1. The Morgan fingerprint density at radius 2 is 1.73 bits per heavy atom. The molecule has 4 rings (SSSR count). The first-order chi connectivity index (χ1) is 12.9. The third-order valence-corrected chi connectivity index (χ3v) is 4.77. The Balaban J connectivity index is 1.25. The first-order valence-electron chi connectivity index (χ1n) is 9.08. The fourth-order valence-corrected chi connectivity index (χ4v) is 3.23. The maximum Gasteiger partial charge on any atom is 0.241 e. The predicted molar refractivity (Wildman–Crippen MR) is 99.4 cm³/mol. The average Bonchev–Trinajstić information content (AvgIpc) is 3.17. The van der Waals surface area contributed by atoms with Crippen molar-refractivity contribution in [3.05, 3.63) is 66.3 Å². The summed E-state index contributed by atoms with van der Waals surface area (Å²) in [6.07, 6.45) is 4.60. The first kappa shape index (κ1) is 16.9. The minimum atomic E-state index is 0.606. The molecule has 1 fully saturated rings. The summed E-state index contributed by atoms with van der Waals surface area (Å²) in [6.45, 7) is 6.04. The van der Waals surface area contributed by atoms with E-state index in [0.717, 1.165) is 44.7 Å². The van der Waals surface area contributed by atoms with E-state index in [1.54, 1.807) is 12.4 Å². The van der Waals surface area contributed by atoms with Crippen LogP contribution in [0.4, 0.5) is 0 Å². The Bertz CT molecular complexity index is 797. The molecule has 0 bridgehead atoms. The van der Waals surface area contributed by atoms with Gasteiger partial charge in [-0.25, -0.2) is 0 Å². The van der Waals surface area contributed by atoms with Gasteiger partial charge in [0.1, 0.15) is 0 Å². The Kier molecular flexibility index (Phi) is 5.33. The number of pyridine rings is 1. The second kappa shape index (κ2) is 8.21. The highest BCUT2D eigenvalue weighted by molar-refractivity contribution is 5.51. The zero-order valence-electron chi connectivity index (χ0n) is 14.8. The van der Waals surface area contributed by atoms with Crippen LogP contribution in [0, 0.1) is 0 Å². The lowest BCUT2D eigenvalue weighted by Gasteiger charge is -2.33. The third kappa shape index (κ3) is 4.33. The molecule has 0 radical (unpaired) electrons. The summed E-state index contributed by atoms with van der Waals surface area (Å²) in [5.41, 5.74) is 2.29. The number of rotatable bonds is 6. The molecule has 1 aromatic carbocycles. The van der Waals surface area contributed by atoms with Gasteiger partial charge in [-0.3, -0.25) is 9.88 Å². The van der Waals surface area contributed by atoms with Gasteiger partial charge in [-0.05, 0) is 24.1 Å². The number of nitrogens with zero attached hydrogens (tertiary/aromatic N) is 5. The molecule has 0 N–H and O–H groups in total. The normalized spacial score (nSPS) is 16.0. The van der Waals surface area contributed by atoms with Crippen LogP contribution in [0.15, 0.2) is 59.4 Å². The standard InChI is InChI=1S/C20H23N5O/c1-2-5-17(6-3-1)8-10-24-11-13-25(14-12-24)16-19-22-20(23-26-19)18-7-4-9-21-15-18/h1-7,9,15H,8,10-14,16H2. The average molecular weight is 349 g/mol. The molecule has 2 aromatic heterocycles. The van der Waals surface area contributed by atoms with Gasteiger partial charge < -0.3 is 9.42 Å². The topological polar surface area (TPSA) is 58.3 Å². The van der Waals surface area contributed by atoms with Crippen LogP contribution in [-0.4, -0.2) is 57.6 Å². The highest BCUT2D eigenvalue weighted by Crippen LogP contribution is 2.15. The fourth-order valence-electron chi connectivity index (χ4n) is 3.23. The monoisotopic (exact) mass is 349 g/mol. The van der Waals surface area contributed by atoms with Crippen LogP contribution in [0.5, 0.6) is 0 Å². The van der Waals surface area contributed by atoms with Crippen molar-refractivity contribution >= 4 is 0 Å². The van der Waals surface area contributed by atoms with Gasteiger partial charge in [0.2, 0.25) is 11.7 Å². The van der Waals surface area contributed by atoms with Crippen molar-refractivity contribution in [2.24, 2.45) is 0 Å². The number of hydrogen-bond acceptors (Lipinski definition) is 6. The van der Waals surface area contributed by atoms with Gasteiger partial charge in [-0.1, -0.05) is 35.5 Å². The lowest BCUT2D eigenvalue weighted by molar-refractivity contribution is 0.118. The summed E-state index contributed by atoms with van der Waals surface area (Å²) >= 11 is 0. The lowest BCUT2D eigenvalue weighted by Crippen LogP contribution is -2.46. The van der Waals surface area contributed by atoms with Crippen molar-refractivity contribution in [2.45, 2.75) is 13.0 Å². The molecule has 0 aliphatic carbocycles. The number of hydrogen-bond donors (Lipinski definition) is 0. The number of benzene rings is 1. The highest BCUT2D eigenvalue weighted by Gasteiger charge is 2.19. The molecular formula is C20H23N5O. The van der Waals surface area contributed by atoms with Crippen LogP contribution in [0.1, 0.15) is 11.5 Å². The molecule has 134 valence electrons. The molecule has 0 atom stereocenters. The molecular weight excluding hydrogens is 326 g/mol. The summed E-state index contributed by atoms with van der Waals surface area (Å²) in [5, 5.41) is 4.07. The van der Waals surface area contributed by atoms with Crippen molar-refractivity contribution in [1.29, 1.82) is 0 Å². The summed E-state index contributed by atoms with van der Waals surface area (Å²) in [7, 11) is 0. The predicted octanol–water partition coefficient (Wildman–Crippen LogP) is 2.49. The molecule has 0 unspecified atom stereocenters. The van der Waals surface area contributed by atoms with Crippen LogP contribution in [0.25, 0.3) is 11.4 Å². The summed E-state index contributed by atoms with van der Waals surface area (Å²) in [5.74, 6) is 1.27. The van der Waals surface area contributed by atoms with Gasteiger partial charge in [0.15, 0.2) is 0 Å². The van der Waals surface area contributed by atoms with E-state index in [1.807, 2.05) is 12.1 Å². The van der Waals surface area contributed by atoms with Crippen molar-refractivity contribution in [3.63, 3.8) is 0 Å². The second-order valence-corrected chi connectivity index (χ2v) is 6.61. The molecule has 6 heteroatoms. The minimum absolute atomic E-state index is 0.606. The van der Waals surface area contributed by atoms with Crippen molar-refractivity contribution in [1.82, 2.24) is 24.9 Å². The fraction of sp³-hybridized carbons (Fsp3) is 0.350. The Labute approximate surface area is 153 Å². The van der Waals surface area contributed by atoms with E-state index in [2.05, 4.69) is 55.3 Å². The Morgan fingerprint density at radius 3 is 2.50 bits per heavy atom. The van der Waals surface area contributed by atoms with Crippen LogP contribution < -0.4 is 0 Å². The molecule has 1 saturated heterocycles. The van der Waals surface area contributed by atoms with Gasteiger partial charge >= 0.3 is 0 Å². The summed E-state index contributed by atoms with van der Waals surface area (Å²) in [6, 6.07) is 14.5. The molecule has 1 aliphatic heterocycles. The summed E-state index contributed by atoms with van der Waals surface area (Å²) in [4.78, 5) is 13.5. The summed E-state index contributed by atoms with van der Waals surface area (Å²) < 4.78 is 5.41. The van der Waals surface area contributed by atoms with Crippen molar-refractivity contribution < 1.29 is 4.52 Å². The first-order valence-corrected chi connectivity index (χ1v) is 9.08. The maximum atomic E-state index is 5.41. The van der Waals surface area contributed by atoms with Crippen LogP contribution in [0.3, 0.4) is 0 Å². The minimum Gasteiger partial charge on any atom is -0.338 e. The Hall–Kier alpha value is -2.57. The Morgan fingerprint density at radius 1 is 0.923 bits per heavy atom. The molecule has 0 saturated carbocycles. The van der Waals surface area contributed by atoms with E-state index in [-0.39, 0.29) is 0 Å². The van der Waals surface area contributed by atoms with Crippen molar-refractivity contribution in [2.75, 3.05) is 32.7 Å². The quantitative estimate of drug-likeness (QED) is 0.681. The number of aromatic nitrogens is 3. The van der Waals surface area contributed by atoms with E-state index in [9.17, 15) is 0 Å². The number of piperazine rings is 1. The molecule has 6 nitrogen and oxygen atoms in total. The largest absolute Gasteiger partial charge is 0.338 e. The molecule has 3 heterocycles. The van der Waals surface area contributed by atoms with Crippen LogP contribution >= 0.6 is 0 Å². The van der Waals surface area contributed by atoms with E-state index >= 15 is 0 Å². The van der Waals surface area contributed by atoms with Gasteiger partial charge in [0, 0.05) is 50.7 Å². The van der Waals surface area contributed by atoms with Gasteiger partial charge in [-0.2, -0.15) is 4.98 Å². The highest BCUT2D eigenvalue weighted by atomic mass is 16.5. The molecule has 0 spiro atoms. The van der Waals surface area contributed by atoms with E-state index in [4.69, 9.17) is 4.52 Å². The zero-order valence-corrected chi connectivity index (χ0v) is 14.8. The smallest absolute Gasteiger partial charge is 0.241 e. The van der Waals surface area contributed by atoms with E-state index < -0.39 is 0 Å². The van der Waals surface area contributed by atoms with Gasteiger partial charge in [-0.15, -0.1) is 0 Å². The maximum absolute atomic E-state index is 5.41. The van der Waals surface area contributed by atoms with E-state index in [1.165, 1.54) is 5.56 Å². The molecule has 26 heavy (non-hydrogen) atoms. The van der Waals surface area contributed by atoms with E-state index in [0.29, 0.717) is 18.3 Å².